The maximum absolute atomic E-state index is 12.0. The molecule has 1 aliphatic heterocycles. The SMILES string of the molecule is N#CC1(CCC(F)(F)F)CCNCC1. The van der Waals surface area contributed by atoms with Crippen molar-refractivity contribution in [3.8, 4) is 6.07 Å². The molecule has 2 nitrogen and oxygen atoms in total. The molecule has 0 amide bonds. The van der Waals surface area contributed by atoms with Crippen molar-refractivity contribution in [2.45, 2.75) is 31.9 Å². The lowest BCUT2D eigenvalue weighted by molar-refractivity contribution is -0.140. The molecule has 5 heteroatoms. The Morgan fingerprint density at radius 2 is 1.86 bits per heavy atom. The highest BCUT2D eigenvalue weighted by molar-refractivity contribution is 5.01. The van der Waals surface area contributed by atoms with Crippen LogP contribution in [0.25, 0.3) is 0 Å². The summed E-state index contributed by atoms with van der Waals surface area (Å²) in [7, 11) is 0. The lowest BCUT2D eigenvalue weighted by atomic mass is 9.76. The van der Waals surface area contributed by atoms with Gasteiger partial charge in [-0.3, -0.25) is 0 Å². The van der Waals surface area contributed by atoms with Crippen LogP contribution in [0, 0.1) is 16.7 Å². The zero-order chi connectivity index (χ0) is 10.7. The standard InChI is InChI=1S/C9H13F3N2/c10-9(11,12)2-1-8(7-13)3-5-14-6-4-8/h14H,1-6H2. The molecule has 0 radical (unpaired) electrons. The van der Waals surface area contributed by atoms with Crippen molar-refractivity contribution >= 4 is 0 Å². The second-order valence-electron chi connectivity index (χ2n) is 3.76. The van der Waals surface area contributed by atoms with Gasteiger partial charge < -0.3 is 5.32 Å². The molecular weight excluding hydrogens is 193 g/mol. The Balaban J connectivity index is 2.50. The number of piperidine rings is 1. The maximum Gasteiger partial charge on any atom is 0.389 e. The normalized spacial score (nSPS) is 21.6. The first-order chi connectivity index (χ1) is 6.47. The minimum absolute atomic E-state index is 0.0608. The van der Waals surface area contributed by atoms with E-state index in [4.69, 9.17) is 5.26 Å². The summed E-state index contributed by atoms with van der Waals surface area (Å²) in [4.78, 5) is 0. The van der Waals surface area contributed by atoms with Gasteiger partial charge in [0.05, 0.1) is 11.5 Å². The molecule has 0 aromatic rings. The van der Waals surface area contributed by atoms with E-state index in [2.05, 4.69) is 11.4 Å². The van der Waals surface area contributed by atoms with Gasteiger partial charge >= 0.3 is 6.18 Å². The van der Waals surface area contributed by atoms with E-state index in [0.717, 1.165) is 0 Å². The number of hydrogen-bond donors (Lipinski definition) is 1. The Bertz CT molecular complexity index is 223. The zero-order valence-corrected chi connectivity index (χ0v) is 7.82. The minimum Gasteiger partial charge on any atom is -0.317 e. The van der Waals surface area contributed by atoms with Crippen molar-refractivity contribution < 1.29 is 13.2 Å². The quantitative estimate of drug-likeness (QED) is 0.752. The summed E-state index contributed by atoms with van der Waals surface area (Å²) in [6, 6.07) is 2.05. The first-order valence-electron chi connectivity index (χ1n) is 4.66. The van der Waals surface area contributed by atoms with Gasteiger partial charge in [0.25, 0.3) is 0 Å². The number of nitrogens with zero attached hydrogens (tertiary/aromatic N) is 1. The molecule has 0 spiro atoms. The van der Waals surface area contributed by atoms with Crippen molar-refractivity contribution in [3.05, 3.63) is 0 Å². The van der Waals surface area contributed by atoms with Crippen LogP contribution >= 0.6 is 0 Å². The van der Waals surface area contributed by atoms with E-state index in [1.165, 1.54) is 0 Å². The first-order valence-corrected chi connectivity index (χ1v) is 4.66. The van der Waals surface area contributed by atoms with E-state index < -0.39 is 18.0 Å². The van der Waals surface area contributed by atoms with Gasteiger partial charge in [0.1, 0.15) is 0 Å². The molecule has 0 aliphatic carbocycles. The van der Waals surface area contributed by atoms with Gasteiger partial charge in [0.2, 0.25) is 0 Å². The lowest BCUT2D eigenvalue weighted by Crippen LogP contribution is -2.36. The highest BCUT2D eigenvalue weighted by Gasteiger charge is 2.37. The second-order valence-corrected chi connectivity index (χ2v) is 3.76. The highest BCUT2D eigenvalue weighted by Crippen LogP contribution is 2.36. The average molecular weight is 206 g/mol. The zero-order valence-electron chi connectivity index (χ0n) is 7.82. The first kappa shape index (κ1) is 11.3. The van der Waals surface area contributed by atoms with Crippen LogP contribution in [0.15, 0.2) is 0 Å². The predicted octanol–water partition coefficient (Wildman–Crippen LogP) is 2.22. The number of rotatable bonds is 2. The van der Waals surface area contributed by atoms with Crippen LogP contribution in [-0.2, 0) is 0 Å². The fourth-order valence-electron chi connectivity index (χ4n) is 1.70. The molecule has 0 saturated carbocycles. The Kier molecular flexibility index (Phi) is 3.38. The number of nitriles is 1. The van der Waals surface area contributed by atoms with E-state index in [0.29, 0.717) is 25.9 Å². The Hall–Kier alpha value is -0.760. The van der Waals surface area contributed by atoms with Crippen molar-refractivity contribution in [1.82, 2.24) is 5.32 Å². The largest absolute Gasteiger partial charge is 0.389 e. The van der Waals surface area contributed by atoms with Crippen LogP contribution in [-0.4, -0.2) is 19.3 Å². The van der Waals surface area contributed by atoms with Crippen molar-refractivity contribution in [2.24, 2.45) is 5.41 Å². The molecule has 1 saturated heterocycles. The van der Waals surface area contributed by atoms with Gasteiger partial charge in [-0.2, -0.15) is 18.4 Å². The lowest BCUT2D eigenvalue weighted by Gasteiger charge is -2.31. The predicted molar refractivity (Wildman–Crippen MR) is 45.4 cm³/mol. The number of halogens is 3. The van der Waals surface area contributed by atoms with Crippen LogP contribution < -0.4 is 5.32 Å². The average Bonchev–Trinajstić information content (AvgIpc) is 2.15. The van der Waals surface area contributed by atoms with Crippen molar-refractivity contribution in [3.63, 3.8) is 0 Å². The highest BCUT2D eigenvalue weighted by atomic mass is 19.4. The number of hydrogen-bond acceptors (Lipinski definition) is 2. The fraction of sp³-hybridized carbons (Fsp3) is 0.889. The molecule has 14 heavy (non-hydrogen) atoms. The Morgan fingerprint density at radius 3 is 2.29 bits per heavy atom. The summed E-state index contributed by atoms with van der Waals surface area (Å²) in [5.41, 5.74) is -0.749. The fourth-order valence-corrected chi connectivity index (χ4v) is 1.70. The summed E-state index contributed by atoms with van der Waals surface area (Å²) in [6.45, 7) is 1.29. The van der Waals surface area contributed by atoms with Crippen LogP contribution in [0.3, 0.4) is 0 Å². The topological polar surface area (TPSA) is 35.8 Å². The van der Waals surface area contributed by atoms with E-state index >= 15 is 0 Å². The van der Waals surface area contributed by atoms with Gasteiger partial charge in [-0.1, -0.05) is 0 Å². The smallest absolute Gasteiger partial charge is 0.317 e. The van der Waals surface area contributed by atoms with E-state index in [1.807, 2.05) is 0 Å². The van der Waals surface area contributed by atoms with Crippen LogP contribution in [0.1, 0.15) is 25.7 Å². The molecule has 0 unspecified atom stereocenters. The molecular formula is C9H13F3N2. The van der Waals surface area contributed by atoms with Crippen LogP contribution in [0.4, 0.5) is 13.2 Å². The summed E-state index contributed by atoms with van der Waals surface area (Å²) < 4.78 is 36.0. The molecule has 1 N–H and O–H groups in total. The van der Waals surface area contributed by atoms with Gasteiger partial charge in [-0.25, -0.2) is 0 Å². The van der Waals surface area contributed by atoms with Gasteiger partial charge in [-0.05, 0) is 32.4 Å². The van der Waals surface area contributed by atoms with E-state index in [1.54, 1.807) is 0 Å². The molecule has 0 aromatic heterocycles. The summed E-state index contributed by atoms with van der Waals surface area (Å²) in [5, 5.41) is 11.9. The third-order valence-electron chi connectivity index (χ3n) is 2.68. The van der Waals surface area contributed by atoms with Crippen molar-refractivity contribution in [2.75, 3.05) is 13.1 Å². The molecule has 80 valence electrons. The maximum atomic E-state index is 12.0. The monoisotopic (exact) mass is 206 g/mol. The van der Waals surface area contributed by atoms with Gasteiger partial charge in [0.15, 0.2) is 0 Å². The second kappa shape index (κ2) is 4.18. The van der Waals surface area contributed by atoms with Gasteiger partial charge in [0, 0.05) is 6.42 Å². The molecule has 1 aliphatic rings. The van der Waals surface area contributed by atoms with Gasteiger partial charge in [-0.15, -0.1) is 0 Å². The molecule has 0 atom stereocenters. The van der Waals surface area contributed by atoms with Crippen LogP contribution in [0.5, 0.6) is 0 Å². The summed E-state index contributed by atoms with van der Waals surface area (Å²) >= 11 is 0. The third kappa shape index (κ3) is 3.18. The number of alkyl halides is 3. The molecule has 1 heterocycles. The molecule has 0 aromatic carbocycles. The molecule has 1 fully saturated rings. The van der Waals surface area contributed by atoms with E-state index in [9.17, 15) is 13.2 Å². The molecule has 0 bridgehead atoms. The van der Waals surface area contributed by atoms with E-state index in [-0.39, 0.29) is 6.42 Å². The Labute approximate surface area is 81.1 Å². The van der Waals surface area contributed by atoms with Crippen molar-refractivity contribution in [1.29, 1.82) is 5.26 Å². The summed E-state index contributed by atoms with van der Waals surface area (Å²) in [6.07, 6.45) is -4.00. The number of nitrogens with one attached hydrogen (secondary N) is 1. The summed E-state index contributed by atoms with van der Waals surface area (Å²) in [5.74, 6) is 0. The molecule has 1 rings (SSSR count). The minimum atomic E-state index is -4.14. The third-order valence-corrected chi connectivity index (χ3v) is 2.68. The Morgan fingerprint density at radius 1 is 1.29 bits per heavy atom. The van der Waals surface area contributed by atoms with Crippen LogP contribution in [0.2, 0.25) is 0 Å².